The second-order valence-electron chi connectivity index (χ2n) is 4.85. The highest BCUT2D eigenvalue weighted by molar-refractivity contribution is 5.94. The highest BCUT2D eigenvalue weighted by atomic mass is 16.5. The van der Waals surface area contributed by atoms with E-state index in [-0.39, 0.29) is 12.5 Å². The first-order chi connectivity index (χ1) is 9.17. The Balaban J connectivity index is 2.34. The van der Waals surface area contributed by atoms with Crippen LogP contribution in [-0.4, -0.2) is 31.3 Å². The number of aryl methyl sites for hydroxylation is 1. The van der Waals surface area contributed by atoms with E-state index in [0.29, 0.717) is 13.0 Å². The van der Waals surface area contributed by atoms with E-state index in [4.69, 9.17) is 4.74 Å². The molecule has 1 amide bonds. The molecule has 1 unspecified atom stereocenters. The van der Waals surface area contributed by atoms with Gasteiger partial charge in [0, 0.05) is 25.8 Å². The number of hydrogen-bond donors (Lipinski definition) is 1. The molecular weight excluding hydrogens is 242 g/mol. The van der Waals surface area contributed by atoms with Gasteiger partial charge in [0.25, 0.3) is 0 Å². The normalized spacial score (nSPS) is 17.0. The summed E-state index contributed by atoms with van der Waals surface area (Å²) in [5.41, 5.74) is 2.98. The number of ether oxygens (including phenoxy) is 1. The van der Waals surface area contributed by atoms with E-state index in [1.54, 1.807) is 7.11 Å². The van der Waals surface area contributed by atoms with Crippen LogP contribution in [0.2, 0.25) is 0 Å². The lowest BCUT2D eigenvalue weighted by Gasteiger charge is -2.22. The van der Waals surface area contributed by atoms with Gasteiger partial charge in [0.1, 0.15) is 6.10 Å². The molecule has 1 aromatic carbocycles. The molecule has 4 heteroatoms. The van der Waals surface area contributed by atoms with E-state index in [2.05, 4.69) is 0 Å². The van der Waals surface area contributed by atoms with E-state index in [9.17, 15) is 9.90 Å². The molecule has 104 valence electrons. The molecule has 0 fully saturated rings. The van der Waals surface area contributed by atoms with Crippen molar-refractivity contribution in [2.45, 2.75) is 32.3 Å². The molecule has 0 aliphatic carbocycles. The largest absolute Gasteiger partial charge is 0.386 e. The van der Waals surface area contributed by atoms with E-state index < -0.39 is 6.10 Å². The zero-order chi connectivity index (χ0) is 13.8. The maximum atomic E-state index is 12.0. The number of aliphatic hydroxyl groups excluding tert-OH is 1. The molecular formula is C15H21NO3. The summed E-state index contributed by atoms with van der Waals surface area (Å²) in [5, 5.41) is 9.96. The monoisotopic (exact) mass is 263 g/mol. The predicted octanol–water partition coefficient (Wildman–Crippen LogP) is 2.06. The number of carbonyl (C=O) groups is 1. The summed E-state index contributed by atoms with van der Waals surface area (Å²) in [7, 11) is 1.57. The Kier molecular flexibility index (Phi) is 4.56. The van der Waals surface area contributed by atoms with E-state index in [1.807, 2.05) is 30.0 Å². The molecule has 0 aromatic heterocycles. The Morgan fingerprint density at radius 1 is 1.42 bits per heavy atom. The van der Waals surface area contributed by atoms with Crippen LogP contribution in [-0.2, 0) is 16.0 Å². The van der Waals surface area contributed by atoms with Gasteiger partial charge in [0.15, 0.2) is 0 Å². The van der Waals surface area contributed by atoms with Crippen molar-refractivity contribution >= 4 is 11.6 Å². The van der Waals surface area contributed by atoms with Crippen LogP contribution < -0.4 is 4.90 Å². The number of fused-ring (bicyclic) bond motifs is 1. The molecule has 1 aromatic rings. The molecule has 19 heavy (non-hydrogen) atoms. The molecule has 0 saturated heterocycles. The Labute approximate surface area is 114 Å². The zero-order valence-electron chi connectivity index (χ0n) is 11.6. The molecule has 0 spiro atoms. The smallest absolute Gasteiger partial charge is 0.226 e. The van der Waals surface area contributed by atoms with Crippen LogP contribution in [0, 0.1) is 0 Å². The highest BCUT2D eigenvalue weighted by Gasteiger charge is 2.21. The number of amides is 1. The first-order valence-corrected chi connectivity index (χ1v) is 6.77. The Bertz CT molecular complexity index is 459. The van der Waals surface area contributed by atoms with Crippen molar-refractivity contribution in [2.75, 3.05) is 25.2 Å². The van der Waals surface area contributed by atoms with Crippen molar-refractivity contribution in [1.82, 2.24) is 0 Å². The average Bonchev–Trinajstić information content (AvgIpc) is 2.56. The summed E-state index contributed by atoms with van der Waals surface area (Å²) in [6.45, 7) is 2.96. The Morgan fingerprint density at radius 2 is 2.21 bits per heavy atom. The minimum Gasteiger partial charge on any atom is -0.386 e. The van der Waals surface area contributed by atoms with Gasteiger partial charge < -0.3 is 14.7 Å². The molecule has 4 nitrogen and oxygen atoms in total. The fourth-order valence-corrected chi connectivity index (χ4v) is 2.58. The zero-order valence-corrected chi connectivity index (χ0v) is 11.6. The summed E-state index contributed by atoms with van der Waals surface area (Å²) in [4.78, 5) is 13.8. The lowest BCUT2D eigenvalue weighted by atomic mass is 10.0. The summed E-state index contributed by atoms with van der Waals surface area (Å²) in [6.07, 6.45) is 1.74. The van der Waals surface area contributed by atoms with Gasteiger partial charge in [-0.05, 0) is 37.0 Å². The third-order valence-corrected chi connectivity index (χ3v) is 3.56. The predicted molar refractivity (Wildman–Crippen MR) is 74.2 cm³/mol. The van der Waals surface area contributed by atoms with E-state index in [1.165, 1.54) is 0 Å². The average molecular weight is 263 g/mol. The van der Waals surface area contributed by atoms with Crippen molar-refractivity contribution in [2.24, 2.45) is 0 Å². The summed E-state index contributed by atoms with van der Waals surface area (Å²) >= 11 is 0. The van der Waals surface area contributed by atoms with E-state index >= 15 is 0 Å². The quantitative estimate of drug-likeness (QED) is 0.904. The van der Waals surface area contributed by atoms with Crippen molar-refractivity contribution in [1.29, 1.82) is 0 Å². The van der Waals surface area contributed by atoms with Crippen molar-refractivity contribution in [3.63, 3.8) is 0 Å². The molecule has 1 aliphatic rings. The standard InChI is InChI=1S/C15H21NO3/c1-3-16-13-8-7-12(14(17)10-19-2)9-11(13)5-4-6-15(16)18/h7-9,14,17H,3-6,10H2,1-2H3. The number of anilines is 1. The van der Waals surface area contributed by atoms with Crippen LogP contribution in [0.1, 0.15) is 37.0 Å². The number of methoxy groups -OCH3 is 1. The van der Waals surface area contributed by atoms with Gasteiger partial charge in [0.2, 0.25) is 5.91 Å². The second-order valence-corrected chi connectivity index (χ2v) is 4.85. The molecule has 1 N–H and O–H groups in total. The van der Waals surface area contributed by atoms with Gasteiger partial charge >= 0.3 is 0 Å². The minimum absolute atomic E-state index is 0.187. The lowest BCUT2D eigenvalue weighted by Crippen LogP contribution is -2.29. The molecule has 0 saturated carbocycles. The minimum atomic E-state index is -0.607. The molecule has 0 bridgehead atoms. The fourth-order valence-electron chi connectivity index (χ4n) is 2.58. The van der Waals surface area contributed by atoms with Gasteiger partial charge in [-0.1, -0.05) is 12.1 Å². The van der Waals surface area contributed by atoms with Crippen LogP contribution in [0.5, 0.6) is 0 Å². The third-order valence-electron chi connectivity index (χ3n) is 3.56. The van der Waals surface area contributed by atoms with Crippen LogP contribution in [0.4, 0.5) is 5.69 Å². The van der Waals surface area contributed by atoms with Crippen LogP contribution >= 0.6 is 0 Å². The van der Waals surface area contributed by atoms with Crippen molar-refractivity contribution in [3.05, 3.63) is 29.3 Å². The summed E-state index contributed by atoms with van der Waals surface area (Å²) in [5.74, 6) is 0.187. The van der Waals surface area contributed by atoms with Crippen LogP contribution in [0.15, 0.2) is 18.2 Å². The Hall–Kier alpha value is -1.39. The first-order valence-electron chi connectivity index (χ1n) is 6.77. The second kappa shape index (κ2) is 6.17. The van der Waals surface area contributed by atoms with Crippen molar-refractivity contribution < 1.29 is 14.6 Å². The van der Waals surface area contributed by atoms with Crippen LogP contribution in [0.3, 0.4) is 0 Å². The molecule has 1 aliphatic heterocycles. The maximum absolute atomic E-state index is 12.0. The molecule has 1 heterocycles. The number of carbonyl (C=O) groups excluding carboxylic acids is 1. The van der Waals surface area contributed by atoms with E-state index in [0.717, 1.165) is 29.7 Å². The van der Waals surface area contributed by atoms with Gasteiger partial charge in [-0.25, -0.2) is 0 Å². The highest BCUT2D eigenvalue weighted by Crippen LogP contribution is 2.29. The maximum Gasteiger partial charge on any atom is 0.226 e. The SMILES string of the molecule is CCN1C(=O)CCCc2cc(C(O)COC)ccc21. The number of hydrogen-bond acceptors (Lipinski definition) is 3. The topological polar surface area (TPSA) is 49.8 Å². The van der Waals surface area contributed by atoms with Gasteiger partial charge in [0.05, 0.1) is 6.61 Å². The number of nitrogens with zero attached hydrogens (tertiary/aromatic N) is 1. The molecule has 2 rings (SSSR count). The van der Waals surface area contributed by atoms with Gasteiger partial charge in [-0.2, -0.15) is 0 Å². The number of benzene rings is 1. The summed E-state index contributed by atoms with van der Waals surface area (Å²) in [6, 6.07) is 5.82. The van der Waals surface area contributed by atoms with Crippen molar-refractivity contribution in [3.8, 4) is 0 Å². The van der Waals surface area contributed by atoms with Gasteiger partial charge in [-0.3, -0.25) is 4.79 Å². The molecule has 0 radical (unpaired) electrons. The third kappa shape index (κ3) is 2.96. The first kappa shape index (κ1) is 14.0. The lowest BCUT2D eigenvalue weighted by molar-refractivity contribution is -0.118. The van der Waals surface area contributed by atoms with Crippen LogP contribution in [0.25, 0.3) is 0 Å². The fraction of sp³-hybridized carbons (Fsp3) is 0.533. The summed E-state index contributed by atoms with van der Waals surface area (Å²) < 4.78 is 4.97. The number of rotatable bonds is 4. The van der Waals surface area contributed by atoms with Gasteiger partial charge in [-0.15, -0.1) is 0 Å². The molecule has 1 atom stereocenters. The Morgan fingerprint density at radius 3 is 2.89 bits per heavy atom. The number of aliphatic hydroxyl groups is 1.